The molecule has 2 aromatic heterocycles. The van der Waals surface area contributed by atoms with Gasteiger partial charge in [-0.25, -0.2) is 0 Å². The van der Waals surface area contributed by atoms with Crippen LogP contribution in [0, 0.1) is 17.6 Å². The number of aromatic nitrogens is 3. The minimum absolute atomic E-state index is 0.0139. The molecule has 3 rings (SSSR count). The van der Waals surface area contributed by atoms with Crippen molar-refractivity contribution < 1.29 is 4.79 Å². The zero-order chi connectivity index (χ0) is 19.4. The number of hydrogen-bond donors (Lipinski definition) is 2. The van der Waals surface area contributed by atoms with Crippen LogP contribution >= 0.6 is 23.6 Å². The third kappa shape index (κ3) is 4.73. The van der Waals surface area contributed by atoms with Crippen molar-refractivity contribution in [3.8, 4) is 11.4 Å². The molecular formula is C20H24N4OS2. The molecule has 0 saturated carbocycles. The van der Waals surface area contributed by atoms with Gasteiger partial charge in [-0.15, -0.1) is 11.3 Å². The van der Waals surface area contributed by atoms with Crippen LogP contribution in [0.15, 0.2) is 41.8 Å². The Kier molecular flexibility index (Phi) is 6.23. The normalized spacial score (nSPS) is 12.3. The van der Waals surface area contributed by atoms with Crippen LogP contribution in [0.5, 0.6) is 0 Å². The summed E-state index contributed by atoms with van der Waals surface area (Å²) in [5, 5.41) is 12.4. The lowest BCUT2D eigenvalue weighted by molar-refractivity contribution is -0.122. The molecule has 0 spiro atoms. The van der Waals surface area contributed by atoms with E-state index in [0.717, 1.165) is 11.4 Å². The number of H-pyrrole nitrogens is 1. The second kappa shape index (κ2) is 8.63. The topological polar surface area (TPSA) is 62.7 Å². The van der Waals surface area contributed by atoms with Crippen LogP contribution in [0.25, 0.3) is 11.4 Å². The Morgan fingerprint density at radius 1 is 1.30 bits per heavy atom. The summed E-state index contributed by atoms with van der Waals surface area (Å²) >= 11 is 7.03. The van der Waals surface area contributed by atoms with E-state index in [0.29, 0.717) is 23.7 Å². The number of rotatable bonds is 7. The van der Waals surface area contributed by atoms with Crippen molar-refractivity contribution in [3.63, 3.8) is 0 Å². The van der Waals surface area contributed by atoms with Gasteiger partial charge in [-0.1, -0.05) is 49.7 Å². The average molecular weight is 401 g/mol. The van der Waals surface area contributed by atoms with Crippen LogP contribution in [-0.4, -0.2) is 20.7 Å². The van der Waals surface area contributed by atoms with Gasteiger partial charge in [0, 0.05) is 23.4 Å². The van der Waals surface area contributed by atoms with Gasteiger partial charge in [0.2, 0.25) is 5.91 Å². The lowest BCUT2D eigenvalue weighted by atomic mass is 10.0. The molecule has 27 heavy (non-hydrogen) atoms. The van der Waals surface area contributed by atoms with E-state index in [9.17, 15) is 4.79 Å². The number of thiophene rings is 1. The third-order valence-corrected chi connectivity index (χ3v) is 5.73. The molecule has 1 aromatic carbocycles. The third-order valence-electron chi connectivity index (χ3n) is 4.46. The fourth-order valence-electron chi connectivity index (χ4n) is 2.94. The standard InChI is InChI=1S/C20H24N4OS2/c1-13(2)18(16-5-4-12-27-16)21-17(25)10-11-24-19(22-23-20(24)26)15-8-6-14(3)7-9-15/h4-9,12-13,18H,10-11H2,1-3H3,(H,21,25)(H,23,26). The molecule has 0 aliphatic carbocycles. The van der Waals surface area contributed by atoms with Gasteiger partial charge in [-0.2, -0.15) is 5.10 Å². The van der Waals surface area contributed by atoms with Crippen molar-refractivity contribution in [2.24, 2.45) is 5.92 Å². The fraction of sp³-hybridized carbons (Fsp3) is 0.350. The van der Waals surface area contributed by atoms with Crippen molar-refractivity contribution in [2.45, 2.75) is 39.8 Å². The SMILES string of the molecule is Cc1ccc(-c2n[nH]c(=S)n2CCC(=O)NC(c2cccs2)C(C)C)cc1. The summed E-state index contributed by atoms with van der Waals surface area (Å²) < 4.78 is 2.41. The molecule has 0 radical (unpaired) electrons. The van der Waals surface area contributed by atoms with Crippen molar-refractivity contribution in [1.82, 2.24) is 20.1 Å². The fourth-order valence-corrected chi connectivity index (χ4v) is 4.11. The predicted molar refractivity (Wildman–Crippen MR) is 112 cm³/mol. The van der Waals surface area contributed by atoms with E-state index < -0.39 is 0 Å². The first-order valence-corrected chi connectivity index (χ1v) is 10.3. The van der Waals surface area contributed by atoms with E-state index in [1.54, 1.807) is 11.3 Å². The number of carbonyl (C=O) groups excluding carboxylic acids is 1. The smallest absolute Gasteiger partial charge is 0.222 e. The van der Waals surface area contributed by atoms with Crippen molar-refractivity contribution in [1.29, 1.82) is 0 Å². The van der Waals surface area contributed by atoms with Crippen LogP contribution in [0.3, 0.4) is 0 Å². The average Bonchev–Trinajstić information content (AvgIpc) is 3.28. The molecule has 0 aliphatic heterocycles. The molecule has 1 amide bonds. The van der Waals surface area contributed by atoms with Crippen LogP contribution in [-0.2, 0) is 11.3 Å². The Labute approximate surface area is 168 Å². The van der Waals surface area contributed by atoms with Crippen LogP contribution < -0.4 is 5.32 Å². The molecule has 0 saturated heterocycles. The summed E-state index contributed by atoms with van der Waals surface area (Å²) in [5.41, 5.74) is 2.17. The van der Waals surface area contributed by atoms with Gasteiger partial charge in [0.1, 0.15) is 0 Å². The maximum atomic E-state index is 12.6. The molecule has 2 N–H and O–H groups in total. The minimum Gasteiger partial charge on any atom is -0.348 e. The summed E-state index contributed by atoms with van der Waals surface area (Å²) in [6.45, 7) is 6.77. The van der Waals surface area contributed by atoms with E-state index in [-0.39, 0.29) is 11.9 Å². The van der Waals surface area contributed by atoms with Crippen LogP contribution in [0.4, 0.5) is 0 Å². The minimum atomic E-state index is 0.0139. The molecule has 0 aliphatic rings. The Hall–Kier alpha value is -2.25. The quantitative estimate of drug-likeness (QED) is 0.556. The van der Waals surface area contributed by atoms with Crippen molar-refractivity contribution in [3.05, 3.63) is 57.0 Å². The van der Waals surface area contributed by atoms with Gasteiger partial charge in [0.25, 0.3) is 0 Å². The highest BCUT2D eigenvalue weighted by Crippen LogP contribution is 2.26. The molecule has 3 aromatic rings. The maximum Gasteiger partial charge on any atom is 0.222 e. The summed E-state index contributed by atoms with van der Waals surface area (Å²) in [6, 6.07) is 12.2. The first kappa shape index (κ1) is 19.5. The van der Waals surface area contributed by atoms with Gasteiger partial charge in [-0.05, 0) is 36.5 Å². The molecule has 2 heterocycles. The van der Waals surface area contributed by atoms with Crippen LogP contribution in [0.1, 0.15) is 36.8 Å². The molecule has 142 valence electrons. The number of nitrogens with zero attached hydrogens (tertiary/aromatic N) is 2. The summed E-state index contributed by atoms with van der Waals surface area (Å²) in [4.78, 5) is 13.7. The summed E-state index contributed by atoms with van der Waals surface area (Å²) in [7, 11) is 0. The molecule has 0 bridgehead atoms. The number of nitrogens with one attached hydrogen (secondary N) is 2. The first-order valence-electron chi connectivity index (χ1n) is 9.00. The number of amides is 1. The largest absolute Gasteiger partial charge is 0.348 e. The summed E-state index contributed by atoms with van der Waals surface area (Å²) in [6.07, 6.45) is 0.349. The van der Waals surface area contributed by atoms with Gasteiger partial charge >= 0.3 is 0 Å². The van der Waals surface area contributed by atoms with E-state index in [4.69, 9.17) is 12.2 Å². The Morgan fingerprint density at radius 3 is 2.67 bits per heavy atom. The molecule has 5 nitrogen and oxygen atoms in total. The van der Waals surface area contributed by atoms with Gasteiger partial charge in [-0.3, -0.25) is 14.5 Å². The Balaban J connectivity index is 1.70. The number of benzene rings is 1. The van der Waals surface area contributed by atoms with Gasteiger partial charge < -0.3 is 5.32 Å². The van der Waals surface area contributed by atoms with E-state index in [1.165, 1.54) is 10.4 Å². The number of aryl methyl sites for hydroxylation is 1. The van der Waals surface area contributed by atoms with E-state index >= 15 is 0 Å². The second-order valence-electron chi connectivity index (χ2n) is 6.92. The monoisotopic (exact) mass is 400 g/mol. The number of carbonyl (C=O) groups is 1. The van der Waals surface area contributed by atoms with Gasteiger partial charge in [0.05, 0.1) is 6.04 Å². The molecule has 1 atom stereocenters. The molecular weight excluding hydrogens is 376 g/mol. The van der Waals surface area contributed by atoms with Crippen LogP contribution in [0.2, 0.25) is 0 Å². The zero-order valence-electron chi connectivity index (χ0n) is 15.7. The lowest BCUT2D eigenvalue weighted by Gasteiger charge is -2.21. The highest BCUT2D eigenvalue weighted by atomic mass is 32.1. The maximum absolute atomic E-state index is 12.6. The highest BCUT2D eigenvalue weighted by Gasteiger charge is 2.19. The first-order chi connectivity index (χ1) is 13.0. The van der Waals surface area contributed by atoms with Crippen molar-refractivity contribution >= 4 is 29.5 Å². The molecule has 1 unspecified atom stereocenters. The summed E-state index contributed by atoms with van der Waals surface area (Å²) in [5.74, 6) is 1.10. The highest BCUT2D eigenvalue weighted by molar-refractivity contribution is 7.71. The second-order valence-corrected chi connectivity index (χ2v) is 8.29. The lowest BCUT2D eigenvalue weighted by Crippen LogP contribution is -2.31. The van der Waals surface area contributed by atoms with Gasteiger partial charge in [0.15, 0.2) is 10.6 Å². The van der Waals surface area contributed by atoms with Crippen molar-refractivity contribution in [2.75, 3.05) is 0 Å². The molecule has 0 fully saturated rings. The van der Waals surface area contributed by atoms with E-state index in [2.05, 4.69) is 35.4 Å². The number of hydrogen-bond acceptors (Lipinski definition) is 4. The number of aromatic amines is 1. The van der Waals surface area contributed by atoms with E-state index in [1.807, 2.05) is 47.2 Å². The Bertz CT molecular complexity index is 939. The Morgan fingerprint density at radius 2 is 2.04 bits per heavy atom. The predicted octanol–water partition coefficient (Wildman–Crippen LogP) is 4.88. The molecule has 7 heteroatoms. The zero-order valence-corrected chi connectivity index (χ0v) is 17.4.